The fraction of sp³-hybridized carbons (Fsp3) is 0.444. The van der Waals surface area contributed by atoms with Crippen LogP contribution in [0.4, 0.5) is 11.8 Å². The second kappa shape index (κ2) is 6.16. The highest BCUT2D eigenvalue weighted by Gasteiger charge is 2.28. The molecule has 1 atom stereocenters. The van der Waals surface area contributed by atoms with E-state index in [-0.39, 0.29) is 0 Å². The molecule has 1 aromatic heterocycles. The molecule has 3 N–H and O–H groups in total. The van der Waals surface area contributed by atoms with E-state index in [1.54, 1.807) is 0 Å². The molecule has 1 fully saturated rings. The van der Waals surface area contributed by atoms with E-state index in [0.29, 0.717) is 11.9 Å². The van der Waals surface area contributed by atoms with Gasteiger partial charge in [-0.05, 0) is 31.4 Å². The molecule has 0 bridgehead atoms. The SMILES string of the molecule is Nc1nc2c(c(C3CCCN(Cc4ccccc4)C3)n1)CCN2. The van der Waals surface area contributed by atoms with Gasteiger partial charge in [0.25, 0.3) is 0 Å². The van der Waals surface area contributed by atoms with Gasteiger partial charge in [-0.25, -0.2) is 4.98 Å². The third-order valence-corrected chi connectivity index (χ3v) is 4.87. The number of anilines is 2. The molecule has 1 aromatic carbocycles. The van der Waals surface area contributed by atoms with Crippen LogP contribution in [0.15, 0.2) is 30.3 Å². The van der Waals surface area contributed by atoms with Crippen LogP contribution in [0.25, 0.3) is 0 Å². The molecule has 2 aliphatic rings. The van der Waals surface area contributed by atoms with Crippen LogP contribution in [0.3, 0.4) is 0 Å². The molecule has 3 heterocycles. The molecule has 0 amide bonds. The topological polar surface area (TPSA) is 67.1 Å². The molecule has 120 valence electrons. The van der Waals surface area contributed by atoms with Crippen molar-refractivity contribution in [2.75, 3.05) is 30.7 Å². The molecular formula is C18H23N5. The Morgan fingerprint density at radius 1 is 1.22 bits per heavy atom. The van der Waals surface area contributed by atoms with E-state index in [1.165, 1.54) is 29.7 Å². The Kier molecular flexibility index (Phi) is 3.87. The van der Waals surface area contributed by atoms with Crippen LogP contribution in [-0.2, 0) is 13.0 Å². The van der Waals surface area contributed by atoms with Gasteiger partial charge < -0.3 is 11.1 Å². The summed E-state index contributed by atoms with van der Waals surface area (Å²) in [6.07, 6.45) is 3.41. The van der Waals surface area contributed by atoms with E-state index in [4.69, 9.17) is 5.73 Å². The number of nitrogens with two attached hydrogens (primary N) is 1. The molecule has 4 rings (SSSR count). The predicted octanol–water partition coefficient (Wildman–Crippen LogP) is 2.41. The maximum atomic E-state index is 5.92. The highest BCUT2D eigenvalue weighted by molar-refractivity contribution is 5.54. The second-order valence-corrected chi connectivity index (χ2v) is 6.53. The van der Waals surface area contributed by atoms with Crippen LogP contribution in [0.1, 0.15) is 35.6 Å². The first-order valence-electron chi connectivity index (χ1n) is 8.46. The highest BCUT2D eigenvalue weighted by Crippen LogP contribution is 2.33. The van der Waals surface area contributed by atoms with Gasteiger partial charge in [0.1, 0.15) is 5.82 Å². The minimum absolute atomic E-state index is 0.397. The molecule has 2 aliphatic heterocycles. The van der Waals surface area contributed by atoms with Gasteiger partial charge in [0, 0.05) is 31.1 Å². The molecule has 5 nitrogen and oxygen atoms in total. The van der Waals surface area contributed by atoms with Gasteiger partial charge in [-0.15, -0.1) is 0 Å². The van der Waals surface area contributed by atoms with Crippen molar-refractivity contribution in [3.05, 3.63) is 47.2 Å². The fourth-order valence-electron chi connectivity index (χ4n) is 3.82. The number of piperidine rings is 1. The number of nitrogens with zero attached hydrogens (tertiary/aromatic N) is 3. The summed E-state index contributed by atoms with van der Waals surface area (Å²) in [7, 11) is 0. The Labute approximate surface area is 136 Å². The summed E-state index contributed by atoms with van der Waals surface area (Å²) in [4.78, 5) is 11.5. The summed E-state index contributed by atoms with van der Waals surface area (Å²) in [5.74, 6) is 1.81. The summed E-state index contributed by atoms with van der Waals surface area (Å²) >= 11 is 0. The number of benzene rings is 1. The number of hydrogen-bond acceptors (Lipinski definition) is 5. The monoisotopic (exact) mass is 309 g/mol. The highest BCUT2D eigenvalue weighted by atomic mass is 15.1. The summed E-state index contributed by atoms with van der Waals surface area (Å²) in [5, 5.41) is 3.33. The third kappa shape index (κ3) is 3.01. The van der Waals surface area contributed by atoms with Crippen molar-refractivity contribution >= 4 is 11.8 Å². The number of rotatable bonds is 3. The number of likely N-dealkylation sites (tertiary alicyclic amines) is 1. The van der Waals surface area contributed by atoms with E-state index in [2.05, 4.69) is 50.5 Å². The largest absolute Gasteiger partial charge is 0.369 e. The number of hydrogen-bond donors (Lipinski definition) is 2. The van der Waals surface area contributed by atoms with Crippen molar-refractivity contribution in [1.29, 1.82) is 0 Å². The van der Waals surface area contributed by atoms with Crippen molar-refractivity contribution in [3.63, 3.8) is 0 Å². The van der Waals surface area contributed by atoms with Crippen LogP contribution in [0, 0.1) is 0 Å². The fourth-order valence-corrected chi connectivity index (χ4v) is 3.82. The standard InChI is InChI=1S/C18H23N5/c19-18-21-16(15-8-9-20-17(15)22-18)14-7-4-10-23(12-14)11-13-5-2-1-3-6-13/h1-3,5-6,14H,4,7-12H2,(H3,19,20,21,22). The van der Waals surface area contributed by atoms with Crippen LogP contribution < -0.4 is 11.1 Å². The molecule has 0 saturated carbocycles. The second-order valence-electron chi connectivity index (χ2n) is 6.53. The van der Waals surface area contributed by atoms with Crippen molar-refractivity contribution in [3.8, 4) is 0 Å². The third-order valence-electron chi connectivity index (χ3n) is 4.87. The average molecular weight is 309 g/mol. The molecule has 1 unspecified atom stereocenters. The van der Waals surface area contributed by atoms with E-state index in [0.717, 1.165) is 38.4 Å². The normalized spacial score (nSPS) is 21.0. The molecule has 0 aliphatic carbocycles. The van der Waals surface area contributed by atoms with Crippen molar-refractivity contribution in [2.45, 2.75) is 31.7 Å². The number of nitrogen functional groups attached to an aromatic ring is 1. The van der Waals surface area contributed by atoms with Crippen LogP contribution in [0.2, 0.25) is 0 Å². The van der Waals surface area contributed by atoms with Gasteiger partial charge in [0.2, 0.25) is 5.95 Å². The summed E-state index contributed by atoms with van der Waals surface area (Å²) < 4.78 is 0. The zero-order chi connectivity index (χ0) is 15.6. The Hall–Kier alpha value is -2.14. The smallest absolute Gasteiger partial charge is 0.222 e. The summed E-state index contributed by atoms with van der Waals surface area (Å²) in [6.45, 7) is 4.17. The van der Waals surface area contributed by atoms with Crippen LogP contribution in [-0.4, -0.2) is 34.5 Å². The zero-order valence-electron chi connectivity index (χ0n) is 13.3. The lowest BCUT2D eigenvalue weighted by molar-refractivity contribution is 0.198. The number of fused-ring (bicyclic) bond motifs is 1. The minimum atomic E-state index is 0.397. The maximum Gasteiger partial charge on any atom is 0.222 e. The van der Waals surface area contributed by atoms with Crippen molar-refractivity contribution in [2.24, 2.45) is 0 Å². The van der Waals surface area contributed by atoms with Crippen molar-refractivity contribution < 1.29 is 0 Å². The van der Waals surface area contributed by atoms with E-state index >= 15 is 0 Å². The van der Waals surface area contributed by atoms with Crippen LogP contribution in [0.5, 0.6) is 0 Å². The van der Waals surface area contributed by atoms with E-state index in [9.17, 15) is 0 Å². The Bertz CT molecular complexity index is 685. The van der Waals surface area contributed by atoms with Crippen molar-refractivity contribution in [1.82, 2.24) is 14.9 Å². The predicted molar refractivity (Wildman–Crippen MR) is 92.3 cm³/mol. The summed E-state index contributed by atoms with van der Waals surface area (Å²) in [6, 6.07) is 10.7. The maximum absolute atomic E-state index is 5.92. The van der Waals surface area contributed by atoms with Gasteiger partial charge in [-0.2, -0.15) is 4.98 Å². The molecule has 23 heavy (non-hydrogen) atoms. The van der Waals surface area contributed by atoms with E-state index < -0.39 is 0 Å². The zero-order valence-corrected chi connectivity index (χ0v) is 13.3. The Morgan fingerprint density at radius 2 is 2.09 bits per heavy atom. The van der Waals surface area contributed by atoms with Gasteiger partial charge >= 0.3 is 0 Å². The lowest BCUT2D eigenvalue weighted by atomic mass is 9.91. The first kappa shape index (κ1) is 14.5. The molecule has 0 spiro atoms. The molecule has 1 saturated heterocycles. The van der Waals surface area contributed by atoms with Gasteiger partial charge in [-0.1, -0.05) is 30.3 Å². The van der Waals surface area contributed by atoms with E-state index in [1.807, 2.05) is 0 Å². The number of aromatic nitrogens is 2. The quantitative estimate of drug-likeness (QED) is 0.911. The first-order valence-corrected chi connectivity index (χ1v) is 8.46. The number of nitrogens with one attached hydrogen (secondary N) is 1. The first-order chi connectivity index (χ1) is 11.3. The van der Waals surface area contributed by atoms with Crippen LogP contribution >= 0.6 is 0 Å². The molecular weight excluding hydrogens is 286 g/mol. The molecule has 5 heteroatoms. The van der Waals surface area contributed by atoms with Gasteiger partial charge in [0.05, 0.1) is 5.69 Å². The lowest BCUT2D eigenvalue weighted by Crippen LogP contribution is -2.34. The lowest BCUT2D eigenvalue weighted by Gasteiger charge is -2.33. The molecule has 0 radical (unpaired) electrons. The van der Waals surface area contributed by atoms with Gasteiger partial charge in [-0.3, -0.25) is 4.90 Å². The summed E-state index contributed by atoms with van der Waals surface area (Å²) in [5.41, 5.74) is 9.76. The molecule has 2 aromatic rings. The minimum Gasteiger partial charge on any atom is -0.369 e. The Morgan fingerprint density at radius 3 is 2.96 bits per heavy atom. The van der Waals surface area contributed by atoms with Gasteiger partial charge in [0.15, 0.2) is 0 Å². The Balaban J connectivity index is 1.54. The average Bonchev–Trinajstić information content (AvgIpc) is 3.03.